The van der Waals surface area contributed by atoms with Crippen molar-refractivity contribution in [3.8, 4) is 0 Å². The average molecular weight is 412 g/mol. The number of pyridine rings is 1. The van der Waals surface area contributed by atoms with Crippen LogP contribution >= 0.6 is 11.8 Å². The first-order valence-corrected chi connectivity index (χ1v) is 11.8. The van der Waals surface area contributed by atoms with Crippen LogP contribution in [-0.4, -0.2) is 48.0 Å². The molecule has 1 aliphatic carbocycles. The molecule has 3 N–H and O–H groups in total. The zero-order valence-electron chi connectivity index (χ0n) is 15.5. The maximum atomic E-state index is 12.7. The molecule has 1 aliphatic heterocycles. The van der Waals surface area contributed by atoms with Crippen molar-refractivity contribution >= 4 is 33.4 Å². The van der Waals surface area contributed by atoms with Crippen molar-refractivity contribution in [1.82, 2.24) is 10.3 Å². The van der Waals surface area contributed by atoms with Crippen LogP contribution in [-0.2, 0) is 14.6 Å². The number of amides is 2. The molecule has 1 saturated heterocycles. The minimum absolute atomic E-state index is 0.201. The molecule has 1 saturated carbocycles. The largest absolute Gasteiger partial charge is 0.370 e. The number of nitrogens with one attached hydrogen (secondary N) is 1. The van der Waals surface area contributed by atoms with Crippen molar-refractivity contribution in [1.29, 1.82) is 0 Å². The highest BCUT2D eigenvalue weighted by molar-refractivity contribution is 7.99. The molecule has 148 valence electrons. The third-order valence-electron chi connectivity index (χ3n) is 4.58. The predicted molar refractivity (Wildman–Crippen MR) is 104 cm³/mol. The van der Waals surface area contributed by atoms with E-state index in [2.05, 4.69) is 24.1 Å². The van der Waals surface area contributed by atoms with Crippen LogP contribution in [0.5, 0.6) is 0 Å². The predicted octanol–water partition coefficient (Wildman–Crippen LogP) is 1.48. The molecule has 0 atom stereocenters. The van der Waals surface area contributed by atoms with Gasteiger partial charge < -0.3 is 11.1 Å². The van der Waals surface area contributed by atoms with Crippen molar-refractivity contribution in [2.24, 2.45) is 11.7 Å². The Balaban J connectivity index is 1.79. The number of nitrogens with two attached hydrogens (primary N) is 1. The Kier molecular flexibility index (Phi) is 5.54. The number of aromatic nitrogens is 1. The Labute approximate surface area is 163 Å². The maximum Gasteiger partial charge on any atom is 0.270 e. The molecule has 0 spiro atoms. The molecule has 2 fully saturated rings. The van der Waals surface area contributed by atoms with Crippen molar-refractivity contribution in [3.63, 3.8) is 0 Å². The van der Waals surface area contributed by atoms with Crippen LogP contribution in [0.4, 0.5) is 0 Å². The van der Waals surface area contributed by atoms with Crippen LogP contribution in [0.2, 0.25) is 0 Å². The number of hydrogen-bond donors (Lipinski definition) is 2. The third kappa shape index (κ3) is 5.01. The van der Waals surface area contributed by atoms with Gasteiger partial charge in [-0.05, 0) is 36.3 Å². The third-order valence-corrected chi connectivity index (χ3v) is 8.00. The first-order chi connectivity index (χ1) is 12.6. The Hall–Kier alpha value is -1.61. The van der Waals surface area contributed by atoms with Gasteiger partial charge >= 0.3 is 0 Å². The SMILES string of the molecule is CC(C)CSc1nc(C(=O)NC2(CC(N)=O)CS(=O)(=O)C2)ccc1C1CC1. The van der Waals surface area contributed by atoms with Gasteiger partial charge in [0.05, 0.1) is 23.5 Å². The highest BCUT2D eigenvalue weighted by atomic mass is 32.2. The number of hydrogen-bond acceptors (Lipinski definition) is 6. The normalized spacial score (nSPS) is 20.1. The minimum atomic E-state index is -3.25. The number of primary amides is 1. The average Bonchev–Trinajstić information content (AvgIpc) is 3.34. The summed E-state index contributed by atoms with van der Waals surface area (Å²) in [6.45, 7) is 4.26. The maximum absolute atomic E-state index is 12.7. The second-order valence-electron chi connectivity index (χ2n) is 7.98. The van der Waals surface area contributed by atoms with Crippen molar-refractivity contribution in [2.75, 3.05) is 17.3 Å². The molecule has 3 rings (SSSR count). The highest BCUT2D eigenvalue weighted by Crippen LogP contribution is 2.43. The zero-order valence-corrected chi connectivity index (χ0v) is 17.2. The standard InChI is InChI=1S/C18H25N3O4S2/c1-11(2)8-26-17-13(12-3-4-12)5-6-14(20-17)16(23)21-18(7-15(19)22)9-27(24,25)10-18/h5-6,11-12H,3-4,7-10H2,1-2H3,(H2,19,22)(H,21,23). The summed E-state index contributed by atoms with van der Waals surface area (Å²) in [6.07, 6.45) is 2.08. The van der Waals surface area contributed by atoms with E-state index < -0.39 is 27.2 Å². The fraction of sp³-hybridized carbons (Fsp3) is 0.611. The summed E-state index contributed by atoms with van der Waals surface area (Å²) in [5.74, 6) is 0.257. The van der Waals surface area contributed by atoms with E-state index in [4.69, 9.17) is 5.73 Å². The second kappa shape index (κ2) is 7.43. The topological polar surface area (TPSA) is 119 Å². The van der Waals surface area contributed by atoms with Crippen LogP contribution in [0.3, 0.4) is 0 Å². The van der Waals surface area contributed by atoms with E-state index in [0.717, 1.165) is 23.6 Å². The number of rotatable bonds is 8. The molecule has 2 amide bonds. The molecule has 7 nitrogen and oxygen atoms in total. The molecule has 0 aromatic carbocycles. The lowest BCUT2D eigenvalue weighted by Gasteiger charge is -2.40. The van der Waals surface area contributed by atoms with Crippen LogP contribution in [0.15, 0.2) is 17.2 Å². The molecule has 2 aliphatic rings. The van der Waals surface area contributed by atoms with E-state index in [9.17, 15) is 18.0 Å². The molecule has 2 heterocycles. The van der Waals surface area contributed by atoms with Crippen molar-refractivity contribution in [3.05, 3.63) is 23.4 Å². The van der Waals surface area contributed by atoms with E-state index in [1.54, 1.807) is 17.8 Å². The van der Waals surface area contributed by atoms with Gasteiger partial charge in [-0.3, -0.25) is 9.59 Å². The molecule has 0 radical (unpaired) electrons. The molecule has 1 aromatic heterocycles. The van der Waals surface area contributed by atoms with Gasteiger partial charge in [0.1, 0.15) is 10.7 Å². The summed E-state index contributed by atoms with van der Waals surface area (Å²) < 4.78 is 23.2. The van der Waals surface area contributed by atoms with Crippen LogP contribution in [0, 0.1) is 5.92 Å². The Morgan fingerprint density at radius 3 is 2.52 bits per heavy atom. The van der Waals surface area contributed by atoms with Crippen molar-refractivity contribution in [2.45, 2.75) is 49.6 Å². The Morgan fingerprint density at radius 2 is 2.00 bits per heavy atom. The summed E-state index contributed by atoms with van der Waals surface area (Å²) in [7, 11) is -3.25. The lowest BCUT2D eigenvalue weighted by Crippen LogP contribution is -2.66. The number of sulfone groups is 1. The lowest BCUT2D eigenvalue weighted by molar-refractivity contribution is -0.119. The van der Waals surface area contributed by atoms with Gasteiger partial charge in [-0.1, -0.05) is 19.9 Å². The number of carbonyl (C=O) groups is 2. The molecule has 27 heavy (non-hydrogen) atoms. The first kappa shape index (κ1) is 20.1. The van der Waals surface area contributed by atoms with Crippen LogP contribution < -0.4 is 11.1 Å². The van der Waals surface area contributed by atoms with Gasteiger partial charge in [0, 0.05) is 5.75 Å². The van der Waals surface area contributed by atoms with Gasteiger partial charge in [-0.15, -0.1) is 11.8 Å². The Morgan fingerprint density at radius 1 is 1.33 bits per heavy atom. The van der Waals surface area contributed by atoms with Gasteiger partial charge in [0.2, 0.25) is 5.91 Å². The molecular formula is C18H25N3O4S2. The molecule has 1 aromatic rings. The summed E-state index contributed by atoms with van der Waals surface area (Å²) in [4.78, 5) is 28.6. The van der Waals surface area contributed by atoms with E-state index in [0.29, 0.717) is 11.8 Å². The molecular weight excluding hydrogens is 386 g/mol. The number of thioether (sulfide) groups is 1. The second-order valence-corrected chi connectivity index (χ2v) is 11.1. The first-order valence-electron chi connectivity index (χ1n) is 9.04. The fourth-order valence-electron chi connectivity index (χ4n) is 3.30. The van der Waals surface area contributed by atoms with Gasteiger partial charge in [0.15, 0.2) is 9.84 Å². The van der Waals surface area contributed by atoms with Crippen LogP contribution in [0.25, 0.3) is 0 Å². The van der Waals surface area contributed by atoms with E-state index >= 15 is 0 Å². The van der Waals surface area contributed by atoms with E-state index in [-0.39, 0.29) is 23.6 Å². The van der Waals surface area contributed by atoms with E-state index in [1.807, 2.05) is 6.07 Å². The quantitative estimate of drug-likeness (QED) is 0.625. The smallest absolute Gasteiger partial charge is 0.270 e. The van der Waals surface area contributed by atoms with Gasteiger partial charge in [-0.25, -0.2) is 13.4 Å². The van der Waals surface area contributed by atoms with Crippen molar-refractivity contribution < 1.29 is 18.0 Å². The molecule has 0 bridgehead atoms. The zero-order chi connectivity index (χ0) is 19.8. The van der Waals surface area contributed by atoms with E-state index in [1.165, 1.54) is 5.56 Å². The summed E-state index contributed by atoms with van der Waals surface area (Å²) in [5, 5.41) is 3.56. The highest BCUT2D eigenvalue weighted by Gasteiger charge is 2.50. The summed E-state index contributed by atoms with van der Waals surface area (Å²) in [6, 6.07) is 3.62. The molecule has 0 unspecified atom stereocenters. The number of carbonyl (C=O) groups excluding carboxylic acids is 2. The van der Waals surface area contributed by atoms with Gasteiger partial charge in [0.25, 0.3) is 5.91 Å². The molecule has 9 heteroatoms. The summed E-state index contributed by atoms with van der Waals surface area (Å²) in [5.41, 5.74) is 5.53. The monoisotopic (exact) mass is 411 g/mol. The minimum Gasteiger partial charge on any atom is -0.370 e. The lowest BCUT2D eigenvalue weighted by atomic mass is 9.98. The van der Waals surface area contributed by atoms with Gasteiger partial charge in [-0.2, -0.15) is 0 Å². The Bertz CT molecular complexity index is 851. The number of nitrogens with zero attached hydrogens (tertiary/aromatic N) is 1. The summed E-state index contributed by atoms with van der Waals surface area (Å²) >= 11 is 1.64. The van der Waals surface area contributed by atoms with Crippen LogP contribution in [0.1, 0.15) is 55.1 Å². The fourth-order valence-corrected chi connectivity index (χ4v) is 6.30.